The molecule has 1 aromatic rings. The van der Waals surface area contributed by atoms with Gasteiger partial charge in [-0.15, -0.1) is 12.4 Å². The van der Waals surface area contributed by atoms with Gasteiger partial charge in [0.05, 0.1) is 0 Å². The van der Waals surface area contributed by atoms with Gasteiger partial charge in [-0.2, -0.15) is 0 Å². The lowest BCUT2D eigenvalue weighted by atomic mass is 9.79. The van der Waals surface area contributed by atoms with Gasteiger partial charge in [-0.05, 0) is 28.4 Å². The molecule has 1 amide bonds. The second kappa shape index (κ2) is 6.10. The molecule has 1 aromatic carbocycles. The summed E-state index contributed by atoms with van der Waals surface area (Å²) in [6.07, 6.45) is 0. The summed E-state index contributed by atoms with van der Waals surface area (Å²) >= 11 is 0. The van der Waals surface area contributed by atoms with Crippen LogP contribution >= 0.6 is 12.4 Å². The number of rotatable bonds is 2. The molecular weight excluding hydrogens is 260 g/mol. The fourth-order valence-electron chi connectivity index (χ4n) is 1.21. The number of guanidine groups is 1. The van der Waals surface area contributed by atoms with Gasteiger partial charge in [0.1, 0.15) is 0 Å². The maximum atomic E-state index is 11.7. The third-order valence-corrected chi connectivity index (χ3v) is 1.99. The quantitative estimate of drug-likeness (QED) is 0.582. The highest BCUT2D eigenvalue weighted by molar-refractivity contribution is 6.58. The van der Waals surface area contributed by atoms with E-state index in [0.29, 0.717) is 0 Å². The van der Waals surface area contributed by atoms with Crippen LogP contribution in [0.25, 0.3) is 0 Å². The van der Waals surface area contributed by atoms with Gasteiger partial charge in [-0.25, -0.2) is 0 Å². The third kappa shape index (κ3) is 3.26. The van der Waals surface area contributed by atoms with Gasteiger partial charge in [0, 0.05) is 5.56 Å². The average Bonchev–Trinajstić information content (AvgIpc) is 2.82. The molecule has 0 fully saturated rings. The Morgan fingerprint density at radius 3 is 2.72 bits per heavy atom. The van der Waals surface area contributed by atoms with Crippen LogP contribution in [-0.4, -0.2) is 29.0 Å². The van der Waals surface area contributed by atoms with Crippen LogP contribution < -0.4 is 16.3 Å². The van der Waals surface area contributed by atoms with Gasteiger partial charge in [-0.1, -0.05) is 22.3 Å². The van der Waals surface area contributed by atoms with Crippen molar-refractivity contribution in [3.05, 3.63) is 29.8 Å². The van der Waals surface area contributed by atoms with Crippen LogP contribution in [-0.2, 0) is 0 Å². The van der Waals surface area contributed by atoms with E-state index in [2.05, 4.69) is 26.3 Å². The molecule has 0 aliphatic carbocycles. The van der Waals surface area contributed by atoms with E-state index in [1.165, 1.54) is 24.3 Å². The molecule has 0 saturated carbocycles. The smallest absolute Gasteiger partial charge is 0.423 e. The van der Waals surface area contributed by atoms with Gasteiger partial charge in [0.25, 0.3) is 11.9 Å². The van der Waals surface area contributed by atoms with E-state index in [4.69, 9.17) is 10.0 Å². The fraction of sp³-hybridized carbons (Fsp3) is 0. The molecule has 0 unspecified atom stereocenters. The van der Waals surface area contributed by atoms with Crippen molar-refractivity contribution >= 4 is 36.9 Å². The number of halogens is 1. The number of carbonyl (C=O) groups is 1. The Balaban J connectivity index is 0.00000162. The van der Waals surface area contributed by atoms with Crippen molar-refractivity contribution in [3.63, 3.8) is 0 Å². The van der Waals surface area contributed by atoms with Gasteiger partial charge in [0.15, 0.2) is 0 Å². The Kier molecular flexibility index (Phi) is 4.78. The number of amides is 1. The lowest BCUT2D eigenvalue weighted by Gasteiger charge is -2.03. The van der Waals surface area contributed by atoms with Crippen LogP contribution in [0.15, 0.2) is 39.7 Å². The predicted octanol–water partition coefficient (Wildman–Crippen LogP) is -1.23. The zero-order valence-corrected chi connectivity index (χ0v) is 9.70. The maximum absolute atomic E-state index is 11.7. The van der Waals surface area contributed by atoms with Crippen molar-refractivity contribution in [2.75, 3.05) is 0 Å². The minimum absolute atomic E-state index is 0. The van der Waals surface area contributed by atoms with Crippen molar-refractivity contribution in [2.24, 2.45) is 15.4 Å². The predicted molar refractivity (Wildman–Crippen MR) is 65.4 cm³/mol. The first kappa shape index (κ1) is 14.1. The average molecular weight is 268 g/mol. The molecule has 0 bridgehead atoms. The van der Waals surface area contributed by atoms with Gasteiger partial charge in [-0.3, -0.25) is 10.1 Å². The van der Waals surface area contributed by atoms with Gasteiger partial charge in [0.2, 0.25) is 0 Å². The van der Waals surface area contributed by atoms with E-state index in [0.717, 1.165) is 0 Å². The van der Waals surface area contributed by atoms with Crippen LogP contribution in [0.5, 0.6) is 0 Å². The van der Waals surface area contributed by atoms with Crippen molar-refractivity contribution in [2.45, 2.75) is 0 Å². The monoisotopic (exact) mass is 268 g/mol. The summed E-state index contributed by atoms with van der Waals surface area (Å²) in [5.74, 6) is -0.493. The summed E-state index contributed by atoms with van der Waals surface area (Å²) in [7, 11) is -1.62. The normalized spacial score (nSPS) is 12.2. The Labute approximate surface area is 108 Å². The standard InChI is InChI=1S/C8H7BN5O3.ClH/c15-7(10-8-11-13-14-12-8)5-2-1-3-6(4-5)9(16)17;/h1-4,16-17H,(H,10,11,15);1H. The van der Waals surface area contributed by atoms with E-state index < -0.39 is 13.0 Å². The first-order valence-electron chi connectivity index (χ1n) is 4.63. The van der Waals surface area contributed by atoms with Crippen LogP contribution in [0.4, 0.5) is 0 Å². The molecule has 1 aliphatic heterocycles. The topological polar surface area (TPSA) is 121 Å². The van der Waals surface area contributed by atoms with E-state index in [-0.39, 0.29) is 29.4 Å². The van der Waals surface area contributed by atoms with Gasteiger partial charge >= 0.3 is 7.12 Å². The Morgan fingerprint density at radius 2 is 2.11 bits per heavy atom. The molecular formula is C8H8BClN5O3. The minimum Gasteiger partial charge on any atom is -0.423 e. The molecule has 3 N–H and O–H groups in total. The molecule has 1 radical (unpaired) electrons. The minimum atomic E-state index is -1.62. The molecule has 1 heterocycles. The Morgan fingerprint density at radius 1 is 1.33 bits per heavy atom. The highest BCUT2D eigenvalue weighted by atomic mass is 35.5. The second-order valence-corrected chi connectivity index (χ2v) is 3.16. The van der Waals surface area contributed by atoms with Gasteiger partial charge < -0.3 is 10.0 Å². The number of hydrogen-bond donors (Lipinski definition) is 3. The Hall–Kier alpha value is -1.97. The lowest BCUT2D eigenvalue weighted by Crippen LogP contribution is -2.33. The fourth-order valence-corrected chi connectivity index (χ4v) is 1.21. The number of hydrogen-bond acceptors (Lipinski definition) is 6. The lowest BCUT2D eigenvalue weighted by molar-refractivity contribution is 0.0976. The first-order chi connectivity index (χ1) is 8.16. The molecule has 0 aromatic heterocycles. The molecule has 93 valence electrons. The number of carbonyl (C=O) groups excluding carboxylic acids is 1. The third-order valence-electron chi connectivity index (χ3n) is 1.99. The summed E-state index contributed by atoms with van der Waals surface area (Å²) in [6.45, 7) is 0. The largest absolute Gasteiger partial charge is 0.488 e. The summed E-state index contributed by atoms with van der Waals surface area (Å²) in [5.41, 5.74) is 3.68. The van der Waals surface area contributed by atoms with E-state index >= 15 is 0 Å². The molecule has 10 heteroatoms. The van der Waals surface area contributed by atoms with Crippen molar-refractivity contribution in [1.29, 1.82) is 0 Å². The molecule has 2 rings (SSSR count). The summed E-state index contributed by atoms with van der Waals surface area (Å²) < 4.78 is 0. The Bertz CT molecular complexity index is 507. The zero-order valence-electron chi connectivity index (χ0n) is 8.89. The van der Waals surface area contributed by atoms with Crippen LogP contribution in [0, 0.1) is 0 Å². The van der Waals surface area contributed by atoms with E-state index in [1.54, 1.807) is 0 Å². The molecule has 0 spiro atoms. The zero-order chi connectivity index (χ0) is 12.3. The molecule has 1 aliphatic rings. The summed E-state index contributed by atoms with van der Waals surface area (Å²) in [4.78, 5) is 11.7. The first-order valence-corrected chi connectivity index (χ1v) is 4.63. The van der Waals surface area contributed by atoms with Crippen LogP contribution in [0.2, 0.25) is 0 Å². The summed E-state index contributed by atoms with van der Waals surface area (Å²) in [5, 5.41) is 30.4. The summed E-state index contributed by atoms with van der Waals surface area (Å²) in [6, 6.07) is 5.89. The van der Waals surface area contributed by atoms with Crippen LogP contribution in [0.1, 0.15) is 10.4 Å². The second-order valence-electron chi connectivity index (χ2n) is 3.16. The van der Waals surface area contributed by atoms with Crippen molar-refractivity contribution < 1.29 is 14.8 Å². The SMILES string of the molecule is Cl.O=C(NC1=N[N]N=N1)c1cccc(B(O)O)c1. The van der Waals surface area contributed by atoms with Crippen molar-refractivity contribution in [3.8, 4) is 0 Å². The molecule has 0 saturated heterocycles. The number of nitrogens with one attached hydrogen (secondary N) is 1. The molecule has 0 atom stereocenters. The number of benzene rings is 1. The van der Waals surface area contributed by atoms with Crippen LogP contribution in [0.3, 0.4) is 0 Å². The highest BCUT2D eigenvalue weighted by Gasteiger charge is 2.15. The molecule has 8 nitrogen and oxygen atoms in total. The molecule has 18 heavy (non-hydrogen) atoms. The highest BCUT2D eigenvalue weighted by Crippen LogP contribution is 1.98. The number of nitrogens with zero attached hydrogens (tertiary/aromatic N) is 4. The van der Waals surface area contributed by atoms with E-state index in [1.807, 2.05) is 0 Å². The maximum Gasteiger partial charge on any atom is 0.488 e. The van der Waals surface area contributed by atoms with Crippen molar-refractivity contribution in [1.82, 2.24) is 10.9 Å². The van der Waals surface area contributed by atoms with E-state index in [9.17, 15) is 4.79 Å².